The van der Waals surface area contributed by atoms with E-state index in [1.807, 2.05) is 26.0 Å². The Balaban J connectivity index is 1.32. The van der Waals surface area contributed by atoms with Crippen molar-refractivity contribution in [2.45, 2.75) is 83.8 Å². The molecule has 5 heterocycles. The van der Waals surface area contributed by atoms with Crippen LogP contribution in [0.15, 0.2) is 77.4 Å². The van der Waals surface area contributed by atoms with Gasteiger partial charge in [-0.3, -0.25) is 24.0 Å². The summed E-state index contributed by atoms with van der Waals surface area (Å²) in [5.74, 6) is -2.96. The number of hydrogen-bond donors (Lipinski definition) is 3. The Bertz CT molecular complexity index is 1840. The number of pyridine rings is 1. The first kappa shape index (κ1) is 39.7. The average molecular weight is 747 g/mol. The Kier molecular flexibility index (Phi) is 14.0. The zero-order chi connectivity index (χ0) is 38.6. The summed E-state index contributed by atoms with van der Waals surface area (Å²) in [7, 11) is 0. The summed E-state index contributed by atoms with van der Waals surface area (Å²) in [6, 6.07) is 2.72. The molecule has 1 saturated heterocycles. The Labute approximate surface area is 312 Å². The van der Waals surface area contributed by atoms with E-state index in [9.17, 15) is 28.7 Å². The summed E-state index contributed by atoms with van der Waals surface area (Å²) >= 11 is 0. The molecule has 54 heavy (non-hydrogen) atoms. The first-order chi connectivity index (χ1) is 26.0. The zero-order valence-electron chi connectivity index (χ0n) is 30.6. The predicted molar refractivity (Wildman–Crippen MR) is 194 cm³/mol. The molecule has 3 aromatic rings. The van der Waals surface area contributed by atoms with Crippen LogP contribution < -0.4 is 10.6 Å². The molecule has 2 aliphatic rings. The van der Waals surface area contributed by atoms with E-state index in [1.54, 1.807) is 48.4 Å². The Morgan fingerprint density at radius 3 is 2.74 bits per heavy atom. The van der Waals surface area contributed by atoms with Crippen LogP contribution in [0.1, 0.15) is 62.8 Å². The van der Waals surface area contributed by atoms with Crippen LogP contribution in [0.2, 0.25) is 0 Å². The van der Waals surface area contributed by atoms with E-state index < -0.39 is 48.1 Å². The molecule has 3 amide bonds. The molecule has 0 radical (unpaired) electrons. The second kappa shape index (κ2) is 19.0. The Morgan fingerprint density at radius 2 is 1.96 bits per heavy atom. The third kappa shape index (κ3) is 11.2. The van der Waals surface area contributed by atoms with E-state index in [1.165, 1.54) is 17.1 Å². The maximum Gasteiger partial charge on any atom is 0.329 e. The zero-order valence-corrected chi connectivity index (χ0v) is 30.6. The maximum absolute atomic E-state index is 14.8. The molecule has 16 heteroatoms. The highest BCUT2D eigenvalue weighted by Gasteiger charge is 2.39. The van der Waals surface area contributed by atoms with Gasteiger partial charge in [-0.1, -0.05) is 48.9 Å². The van der Waals surface area contributed by atoms with Crippen molar-refractivity contribution in [2.24, 2.45) is 11.8 Å². The van der Waals surface area contributed by atoms with Gasteiger partial charge >= 0.3 is 5.97 Å². The lowest BCUT2D eigenvalue weighted by atomic mass is 9.89. The lowest BCUT2D eigenvalue weighted by Gasteiger charge is -2.30. The van der Waals surface area contributed by atoms with Gasteiger partial charge in [-0.15, -0.1) is 5.10 Å². The highest BCUT2D eigenvalue weighted by molar-refractivity contribution is 5.95. The number of aliphatic hydroxyl groups excluding tert-OH is 1. The number of carbonyl (C=O) groups is 4. The van der Waals surface area contributed by atoms with Gasteiger partial charge in [0.2, 0.25) is 11.8 Å². The minimum atomic E-state index is -1.50. The molecule has 0 aliphatic carbocycles. The van der Waals surface area contributed by atoms with Gasteiger partial charge in [-0.25, -0.2) is 14.2 Å². The number of hydrogen-bond acceptors (Lipinski definition) is 11. The van der Waals surface area contributed by atoms with Crippen molar-refractivity contribution < 1.29 is 37.8 Å². The third-order valence-electron chi connectivity index (χ3n) is 9.11. The number of halogens is 1. The van der Waals surface area contributed by atoms with Crippen molar-refractivity contribution in [1.82, 2.24) is 40.5 Å². The van der Waals surface area contributed by atoms with Gasteiger partial charge in [0.1, 0.15) is 30.3 Å². The van der Waals surface area contributed by atoms with Crippen molar-refractivity contribution in [3.05, 3.63) is 84.5 Å². The molecule has 5 atom stereocenters. The van der Waals surface area contributed by atoms with Crippen molar-refractivity contribution in [2.75, 3.05) is 19.6 Å². The Morgan fingerprint density at radius 1 is 1.17 bits per heavy atom. The fourth-order valence-electron chi connectivity index (χ4n) is 6.42. The van der Waals surface area contributed by atoms with Crippen molar-refractivity contribution >= 4 is 23.7 Å². The van der Waals surface area contributed by atoms with Gasteiger partial charge in [-0.2, -0.15) is 0 Å². The number of amides is 3. The Hall–Kier alpha value is -5.51. The molecule has 3 aromatic heterocycles. The SMILES string of the molecule is CC1=C\C(O)CC(F)Cc2nc(co2)C(=O)N2CCCC2C(=O)OC(C(C)C)C(CC(=O)NCCn2cc(-c3ccncc3)nn2)/C=C/C(=O)NC\C=C\1. The number of alkyl halides is 1. The average Bonchev–Trinajstić information content (AvgIpc) is 3.92. The van der Waals surface area contributed by atoms with E-state index in [0.29, 0.717) is 30.7 Å². The molecule has 3 N–H and O–H groups in total. The summed E-state index contributed by atoms with van der Waals surface area (Å²) < 4.78 is 27.9. The number of esters is 1. The summed E-state index contributed by atoms with van der Waals surface area (Å²) in [5, 5.41) is 24.3. The first-order valence-electron chi connectivity index (χ1n) is 18.1. The number of allylic oxidation sites excluding steroid dienone is 2. The molecule has 15 nitrogen and oxygen atoms in total. The maximum atomic E-state index is 14.8. The smallest absolute Gasteiger partial charge is 0.329 e. The highest BCUT2D eigenvalue weighted by Crippen LogP contribution is 2.27. The molecule has 2 bridgehead atoms. The van der Waals surface area contributed by atoms with Crippen molar-refractivity contribution in [3.63, 3.8) is 0 Å². The minimum absolute atomic E-state index is 0.00475. The topological polar surface area (TPSA) is 195 Å². The normalized spacial score (nSPS) is 25.6. The highest BCUT2D eigenvalue weighted by atomic mass is 19.1. The molecule has 1 fully saturated rings. The van der Waals surface area contributed by atoms with Crippen LogP contribution >= 0.6 is 0 Å². The number of aromatic nitrogens is 5. The number of nitrogens with zero attached hydrogens (tertiary/aromatic N) is 6. The number of cyclic esters (lactones) is 1. The molecule has 5 unspecified atom stereocenters. The van der Waals surface area contributed by atoms with E-state index in [4.69, 9.17) is 9.15 Å². The number of aliphatic hydroxyl groups is 1. The fraction of sp³-hybridized carbons (Fsp3) is 0.474. The molecular formula is C38H47FN8O7. The third-order valence-corrected chi connectivity index (χ3v) is 9.11. The van der Waals surface area contributed by atoms with Gasteiger partial charge in [0.15, 0.2) is 11.6 Å². The van der Waals surface area contributed by atoms with Gasteiger partial charge in [0, 0.05) is 56.4 Å². The molecule has 0 aromatic carbocycles. The molecule has 0 spiro atoms. The second-order valence-corrected chi connectivity index (χ2v) is 13.8. The van der Waals surface area contributed by atoms with E-state index in [0.717, 1.165) is 11.8 Å². The van der Waals surface area contributed by atoms with Crippen LogP contribution in [0.3, 0.4) is 0 Å². The number of oxazole rings is 1. The monoisotopic (exact) mass is 746 g/mol. The number of nitrogens with one attached hydrogen (secondary N) is 2. The van der Waals surface area contributed by atoms with Crippen molar-refractivity contribution in [3.8, 4) is 11.3 Å². The number of carbonyl (C=O) groups excluding carboxylic acids is 4. The van der Waals surface area contributed by atoms with Crippen LogP contribution in [-0.2, 0) is 32.1 Å². The molecule has 2 aliphatic heterocycles. The van der Waals surface area contributed by atoms with Gasteiger partial charge in [-0.05, 0) is 43.9 Å². The van der Waals surface area contributed by atoms with Crippen LogP contribution in [0, 0.1) is 11.8 Å². The summed E-state index contributed by atoms with van der Waals surface area (Å²) in [5.41, 5.74) is 2.12. The van der Waals surface area contributed by atoms with Crippen LogP contribution in [0.5, 0.6) is 0 Å². The van der Waals surface area contributed by atoms with E-state index in [2.05, 4.69) is 30.9 Å². The van der Waals surface area contributed by atoms with Gasteiger partial charge in [0.25, 0.3) is 5.91 Å². The number of rotatable bonds is 7. The summed E-state index contributed by atoms with van der Waals surface area (Å²) in [6.45, 7) is 6.45. The predicted octanol–water partition coefficient (Wildman–Crippen LogP) is 3.14. The van der Waals surface area contributed by atoms with E-state index >= 15 is 0 Å². The number of fused-ring (bicyclic) bond motifs is 3. The van der Waals surface area contributed by atoms with Crippen LogP contribution in [0.4, 0.5) is 4.39 Å². The minimum Gasteiger partial charge on any atom is -0.460 e. The standard InChI is InChI=1S/C38H47FN8O7/c1-24(2)36-27(19-34(50)42-15-17-46-22-30(44-45-46)26-10-13-40-14-11-26)8-9-33(49)41-12-4-6-25(3)18-29(48)20-28(39)21-35-43-31(23-53-35)37(51)47-16-5-7-32(47)38(52)54-36/h4,6,8-11,13-14,18,22-24,27-29,32,36,48H,5,7,12,15-17,19-21H2,1-3H3,(H,41,49)(H,42,50)/b6-4+,9-8+,25-18+. The van der Waals surface area contributed by atoms with Crippen LogP contribution in [0.25, 0.3) is 11.3 Å². The van der Waals surface area contributed by atoms with Crippen LogP contribution in [-0.4, -0.2) is 103 Å². The molecule has 0 saturated carbocycles. The number of ether oxygens (including phenoxy) is 1. The second-order valence-electron chi connectivity index (χ2n) is 13.8. The van der Waals surface area contributed by atoms with E-state index in [-0.39, 0.29) is 62.3 Å². The molecule has 5 rings (SSSR count). The quantitative estimate of drug-likeness (QED) is 0.301. The summed E-state index contributed by atoms with van der Waals surface area (Å²) in [6.07, 6.45) is 10.9. The molecule has 288 valence electrons. The van der Waals surface area contributed by atoms with Gasteiger partial charge in [0.05, 0.1) is 25.3 Å². The fourth-order valence-corrected chi connectivity index (χ4v) is 6.42. The molecular weight excluding hydrogens is 699 g/mol. The first-order valence-corrected chi connectivity index (χ1v) is 18.1. The lowest BCUT2D eigenvalue weighted by Crippen LogP contribution is -2.44. The summed E-state index contributed by atoms with van der Waals surface area (Å²) in [4.78, 5) is 63.0. The largest absolute Gasteiger partial charge is 0.460 e. The lowest BCUT2D eigenvalue weighted by molar-refractivity contribution is -0.159. The van der Waals surface area contributed by atoms with Crippen molar-refractivity contribution in [1.29, 1.82) is 0 Å². The van der Waals surface area contributed by atoms with Gasteiger partial charge < -0.3 is 29.8 Å².